The number of halogens is 4. The van der Waals surface area contributed by atoms with Crippen LogP contribution in [0.2, 0.25) is 0 Å². The van der Waals surface area contributed by atoms with Gasteiger partial charge in [-0.15, -0.1) is 0 Å². The molecule has 2 aliphatic rings. The van der Waals surface area contributed by atoms with Crippen molar-refractivity contribution in [2.75, 3.05) is 0 Å². The number of amides is 1. The van der Waals surface area contributed by atoms with Crippen LogP contribution in [0.5, 0.6) is 0 Å². The van der Waals surface area contributed by atoms with Gasteiger partial charge in [0.2, 0.25) is 5.91 Å². The summed E-state index contributed by atoms with van der Waals surface area (Å²) in [6.07, 6.45) is -3.11. The standard InChI is InChI=1S/C14H14F4N2O/c15-7-1-4-9(10(5-7)14(16,17)18)13-11(19)6-12(21)20(13)8-2-3-8/h1,4-5,8,11,13H,2-3,6,19H2. The third kappa shape index (κ3) is 2.50. The molecule has 1 saturated heterocycles. The topological polar surface area (TPSA) is 46.3 Å². The zero-order valence-electron chi connectivity index (χ0n) is 11.0. The van der Waals surface area contributed by atoms with Gasteiger partial charge in [0, 0.05) is 18.5 Å². The fourth-order valence-electron chi connectivity index (χ4n) is 2.98. The fraction of sp³-hybridized carbons (Fsp3) is 0.500. The molecular weight excluding hydrogens is 288 g/mol. The summed E-state index contributed by atoms with van der Waals surface area (Å²) in [5, 5.41) is 0. The quantitative estimate of drug-likeness (QED) is 0.854. The summed E-state index contributed by atoms with van der Waals surface area (Å²) in [6, 6.07) is 0.965. The van der Waals surface area contributed by atoms with E-state index in [1.54, 1.807) is 0 Å². The number of likely N-dealkylation sites (tertiary alicyclic amines) is 1. The van der Waals surface area contributed by atoms with Gasteiger partial charge in [0.05, 0.1) is 11.6 Å². The van der Waals surface area contributed by atoms with Gasteiger partial charge in [-0.05, 0) is 30.5 Å². The first-order chi connectivity index (χ1) is 9.79. The number of hydrogen-bond donors (Lipinski definition) is 1. The van der Waals surface area contributed by atoms with E-state index in [0.29, 0.717) is 6.07 Å². The van der Waals surface area contributed by atoms with Crippen molar-refractivity contribution in [2.24, 2.45) is 5.73 Å². The van der Waals surface area contributed by atoms with Crippen molar-refractivity contribution in [3.63, 3.8) is 0 Å². The first-order valence-electron chi connectivity index (χ1n) is 6.72. The molecule has 0 aromatic heterocycles. The van der Waals surface area contributed by atoms with Crippen LogP contribution in [0.25, 0.3) is 0 Å². The molecule has 114 valence electrons. The minimum Gasteiger partial charge on any atom is -0.331 e. The zero-order chi connectivity index (χ0) is 15.4. The molecule has 1 aromatic carbocycles. The molecule has 2 atom stereocenters. The maximum Gasteiger partial charge on any atom is 0.416 e. The molecule has 2 N–H and O–H groups in total. The van der Waals surface area contributed by atoms with Gasteiger partial charge in [-0.3, -0.25) is 4.79 Å². The first-order valence-corrected chi connectivity index (χ1v) is 6.72. The van der Waals surface area contributed by atoms with Crippen molar-refractivity contribution >= 4 is 5.91 Å². The second kappa shape index (κ2) is 4.69. The largest absolute Gasteiger partial charge is 0.416 e. The van der Waals surface area contributed by atoms with Gasteiger partial charge in [0.25, 0.3) is 0 Å². The Bertz CT molecular complexity index is 583. The summed E-state index contributed by atoms with van der Waals surface area (Å²) in [7, 11) is 0. The third-order valence-corrected chi connectivity index (χ3v) is 3.98. The lowest BCUT2D eigenvalue weighted by Gasteiger charge is -2.29. The lowest BCUT2D eigenvalue weighted by molar-refractivity contribution is -0.140. The summed E-state index contributed by atoms with van der Waals surface area (Å²) >= 11 is 0. The van der Waals surface area contributed by atoms with Gasteiger partial charge in [-0.25, -0.2) is 4.39 Å². The van der Waals surface area contributed by atoms with Crippen molar-refractivity contribution in [3.8, 4) is 0 Å². The Hall–Kier alpha value is -1.63. The van der Waals surface area contributed by atoms with E-state index < -0.39 is 29.6 Å². The number of carbonyl (C=O) groups is 1. The number of hydrogen-bond acceptors (Lipinski definition) is 2. The molecule has 0 spiro atoms. The molecule has 21 heavy (non-hydrogen) atoms. The van der Waals surface area contributed by atoms with Crippen LogP contribution >= 0.6 is 0 Å². The molecule has 3 nitrogen and oxygen atoms in total. The lowest BCUT2D eigenvalue weighted by atomic mass is 9.95. The van der Waals surface area contributed by atoms with Crippen LogP contribution in [0.15, 0.2) is 18.2 Å². The molecule has 2 fully saturated rings. The highest BCUT2D eigenvalue weighted by molar-refractivity contribution is 5.81. The van der Waals surface area contributed by atoms with Gasteiger partial charge in [-0.2, -0.15) is 13.2 Å². The van der Waals surface area contributed by atoms with Gasteiger partial charge >= 0.3 is 6.18 Å². The molecule has 1 aliphatic carbocycles. The Morgan fingerprint density at radius 3 is 2.48 bits per heavy atom. The average molecular weight is 302 g/mol. The summed E-state index contributed by atoms with van der Waals surface area (Å²) in [5.74, 6) is -1.19. The SMILES string of the molecule is NC1CC(=O)N(C2CC2)C1c1ccc(F)cc1C(F)(F)F. The molecule has 3 rings (SSSR count). The van der Waals surface area contributed by atoms with E-state index >= 15 is 0 Å². The van der Waals surface area contributed by atoms with E-state index in [0.717, 1.165) is 25.0 Å². The Morgan fingerprint density at radius 2 is 1.90 bits per heavy atom. The van der Waals surface area contributed by atoms with E-state index in [-0.39, 0.29) is 23.9 Å². The van der Waals surface area contributed by atoms with Crippen LogP contribution in [0.3, 0.4) is 0 Å². The highest BCUT2D eigenvalue weighted by Crippen LogP contribution is 2.45. The van der Waals surface area contributed by atoms with E-state index in [1.165, 1.54) is 4.90 Å². The second-order valence-electron chi connectivity index (χ2n) is 5.57. The number of rotatable bonds is 2. The van der Waals surface area contributed by atoms with Gasteiger partial charge in [0.15, 0.2) is 0 Å². The van der Waals surface area contributed by atoms with E-state index in [4.69, 9.17) is 5.73 Å². The van der Waals surface area contributed by atoms with Crippen molar-refractivity contribution in [3.05, 3.63) is 35.1 Å². The Morgan fingerprint density at radius 1 is 1.24 bits per heavy atom. The highest BCUT2D eigenvalue weighted by atomic mass is 19.4. The molecule has 1 aliphatic heterocycles. The second-order valence-corrected chi connectivity index (χ2v) is 5.57. The molecule has 1 heterocycles. The predicted molar refractivity (Wildman–Crippen MR) is 66.6 cm³/mol. The molecule has 0 bridgehead atoms. The molecule has 1 aromatic rings. The highest BCUT2D eigenvalue weighted by Gasteiger charge is 2.48. The van der Waals surface area contributed by atoms with Crippen molar-refractivity contribution in [1.82, 2.24) is 4.90 Å². The molecule has 2 unspecified atom stereocenters. The number of carbonyl (C=O) groups excluding carboxylic acids is 1. The number of alkyl halides is 3. The van der Waals surface area contributed by atoms with Crippen LogP contribution < -0.4 is 5.73 Å². The van der Waals surface area contributed by atoms with E-state index in [1.807, 2.05) is 0 Å². The Balaban J connectivity index is 2.08. The van der Waals surface area contributed by atoms with Crippen LogP contribution in [0.1, 0.15) is 36.4 Å². The zero-order valence-corrected chi connectivity index (χ0v) is 11.0. The van der Waals surface area contributed by atoms with Crippen molar-refractivity contribution < 1.29 is 22.4 Å². The molecule has 1 saturated carbocycles. The average Bonchev–Trinajstić information content (AvgIpc) is 3.15. The van der Waals surface area contributed by atoms with Gasteiger partial charge in [-0.1, -0.05) is 6.07 Å². The molecule has 1 amide bonds. The minimum atomic E-state index is -4.68. The normalized spacial score (nSPS) is 26.5. The lowest BCUT2D eigenvalue weighted by Crippen LogP contribution is -2.36. The molecule has 0 radical (unpaired) electrons. The van der Waals surface area contributed by atoms with Crippen molar-refractivity contribution in [1.29, 1.82) is 0 Å². The Labute approximate surface area is 118 Å². The first kappa shape index (κ1) is 14.3. The summed E-state index contributed by atoms with van der Waals surface area (Å²) in [6.45, 7) is 0. The number of nitrogens with zero attached hydrogens (tertiary/aromatic N) is 1. The third-order valence-electron chi connectivity index (χ3n) is 3.98. The molecular formula is C14H14F4N2O. The number of benzene rings is 1. The summed E-state index contributed by atoms with van der Waals surface area (Å²) in [5.41, 5.74) is 4.71. The summed E-state index contributed by atoms with van der Waals surface area (Å²) in [4.78, 5) is 13.4. The maximum absolute atomic E-state index is 13.2. The van der Waals surface area contributed by atoms with Crippen LogP contribution in [-0.4, -0.2) is 22.9 Å². The summed E-state index contributed by atoms with van der Waals surface area (Å²) < 4.78 is 52.6. The van der Waals surface area contributed by atoms with Gasteiger partial charge < -0.3 is 10.6 Å². The molecule has 7 heteroatoms. The van der Waals surface area contributed by atoms with E-state index in [9.17, 15) is 22.4 Å². The fourth-order valence-corrected chi connectivity index (χ4v) is 2.98. The number of nitrogens with two attached hydrogens (primary N) is 1. The predicted octanol–water partition coefficient (Wildman–Crippen LogP) is 2.61. The Kier molecular flexibility index (Phi) is 3.20. The maximum atomic E-state index is 13.2. The monoisotopic (exact) mass is 302 g/mol. The minimum absolute atomic E-state index is 0.0237. The van der Waals surface area contributed by atoms with Crippen LogP contribution in [0, 0.1) is 5.82 Å². The smallest absolute Gasteiger partial charge is 0.331 e. The van der Waals surface area contributed by atoms with Crippen molar-refractivity contribution in [2.45, 2.75) is 43.6 Å². The van der Waals surface area contributed by atoms with E-state index in [2.05, 4.69) is 0 Å². The van der Waals surface area contributed by atoms with Gasteiger partial charge in [0.1, 0.15) is 5.82 Å². The van der Waals surface area contributed by atoms with Crippen LogP contribution in [0.4, 0.5) is 17.6 Å². The van der Waals surface area contributed by atoms with Crippen LogP contribution in [-0.2, 0) is 11.0 Å².